The molecule has 12 nitrogen and oxygen atoms in total. The normalized spacial score (nSPS) is 11.3. The van der Waals surface area contributed by atoms with Crippen molar-refractivity contribution < 1.29 is 28.4 Å². The van der Waals surface area contributed by atoms with Gasteiger partial charge in [-0.05, 0) is 60.7 Å². The average molecular weight is 921 g/mol. The van der Waals surface area contributed by atoms with Crippen LogP contribution in [0.5, 0.6) is 34.5 Å². The predicted molar refractivity (Wildman–Crippen MR) is 232 cm³/mol. The first kappa shape index (κ1) is 40.2. The zero-order valence-electron chi connectivity index (χ0n) is 30.6. The van der Waals surface area contributed by atoms with Gasteiger partial charge < -0.3 is 28.4 Å². The van der Waals surface area contributed by atoms with E-state index in [1.165, 1.54) is 22.7 Å². The summed E-state index contributed by atoms with van der Waals surface area (Å²) in [5, 5.41) is 14.0. The van der Waals surface area contributed by atoms with E-state index in [2.05, 4.69) is 62.9 Å². The highest BCUT2D eigenvalue weighted by molar-refractivity contribution is 9.10. The second-order valence-electron chi connectivity index (χ2n) is 11.4. The predicted octanol–water partition coefficient (Wildman–Crippen LogP) is 10.4. The molecule has 0 radical (unpaired) electrons. The molecule has 288 valence electrons. The molecule has 16 heteroatoms. The molecule has 0 unspecified atom stereocenters. The van der Waals surface area contributed by atoms with E-state index in [9.17, 15) is 0 Å². The second kappa shape index (κ2) is 20.0. The number of hydrogen-bond acceptors (Lipinski definition) is 14. The first-order valence-electron chi connectivity index (χ1n) is 16.8. The van der Waals surface area contributed by atoms with Crippen LogP contribution in [0.4, 0.5) is 10.3 Å². The smallest absolute Gasteiger partial charge is 0.203 e. The third kappa shape index (κ3) is 10.7. The second-order valence-corrected chi connectivity index (χ2v) is 15.0. The van der Waals surface area contributed by atoms with Gasteiger partial charge in [-0.2, -0.15) is 10.2 Å². The summed E-state index contributed by atoms with van der Waals surface area (Å²) in [5.41, 5.74) is 11.3. The Morgan fingerprint density at radius 3 is 1.27 bits per heavy atom. The Labute approximate surface area is 349 Å². The number of ether oxygens (including phenoxy) is 6. The number of nitrogens with zero attached hydrogens (tertiary/aromatic N) is 4. The molecular weight excluding hydrogens is 884 g/mol. The Kier molecular flexibility index (Phi) is 14.3. The fraction of sp³-hybridized carbons (Fsp3) is 0.150. The van der Waals surface area contributed by atoms with E-state index in [0.717, 1.165) is 42.6 Å². The van der Waals surface area contributed by atoms with Crippen LogP contribution in [0, 0.1) is 0 Å². The molecule has 56 heavy (non-hydrogen) atoms. The third-order valence-electron chi connectivity index (χ3n) is 7.82. The van der Waals surface area contributed by atoms with Crippen molar-refractivity contribution in [1.29, 1.82) is 0 Å². The number of aromatic nitrogens is 2. The Hall–Kier alpha value is -5.42. The van der Waals surface area contributed by atoms with Crippen LogP contribution >= 0.6 is 54.5 Å². The summed E-state index contributed by atoms with van der Waals surface area (Å²) in [6.07, 6.45) is 6.99. The number of hydrogen-bond donors (Lipinski definition) is 2. The van der Waals surface area contributed by atoms with Crippen molar-refractivity contribution in [3.05, 3.63) is 116 Å². The van der Waals surface area contributed by atoms with Crippen LogP contribution in [0.2, 0.25) is 0 Å². The molecule has 2 heterocycles. The minimum absolute atomic E-state index is 0.232. The zero-order valence-corrected chi connectivity index (χ0v) is 35.4. The lowest BCUT2D eigenvalue weighted by atomic mass is 10.2. The molecule has 6 rings (SSSR count). The van der Waals surface area contributed by atoms with E-state index in [1.54, 1.807) is 40.9 Å². The standard InChI is InChI=1S/C40H36Br2N6O6S2/c1-49-33-17-25(21-43-47-39-45-31(23-55-39)27-7-11-29(41)12-8-27)18-34(50-2)37(33)53-15-5-6-16-54-38-35(51-3)19-26(20-36(38)52-4)22-44-48-40-46-32(24-56-40)28-9-13-30(42)14-10-28/h5-14,17-24H,15-16H2,1-4H3,(H,45,47)(H,46,48)/b6-5+,43-21+,44-22+. The number of anilines is 2. The number of methoxy groups -OCH3 is 4. The summed E-state index contributed by atoms with van der Waals surface area (Å²) < 4.78 is 36.6. The SMILES string of the molecule is COc1cc(/C=N/Nc2nc(-c3ccc(Br)cc3)cs2)cc(OC)c1OC/C=C/COc1c(OC)cc(/C=N/Nc2nc(-c3ccc(Br)cc3)cs2)cc1OC. The van der Waals surface area contributed by atoms with Crippen LogP contribution in [-0.4, -0.2) is 64.1 Å². The Balaban J connectivity index is 1.01. The molecule has 0 aliphatic rings. The number of hydrazone groups is 2. The average Bonchev–Trinajstić information content (AvgIpc) is 3.90. The van der Waals surface area contributed by atoms with Gasteiger partial charge >= 0.3 is 0 Å². The van der Waals surface area contributed by atoms with E-state index in [1.807, 2.05) is 95.7 Å². The molecule has 0 amide bonds. The first-order valence-corrected chi connectivity index (χ1v) is 20.2. The molecule has 0 spiro atoms. The number of thiazole rings is 2. The van der Waals surface area contributed by atoms with Gasteiger partial charge in [-0.25, -0.2) is 9.97 Å². The van der Waals surface area contributed by atoms with E-state index < -0.39 is 0 Å². The van der Waals surface area contributed by atoms with Gasteiger partial charge in [0, 0.05) is 42.0 Å². The molecule has 6 aromatic rings. The molecule has 0 fully saturated rings. The first-order chi connectivity index (χ1) is 27.4. The van der Waals surface area contributed by atoms with Crippen molar-refractivity contribution in [2.75, 3.05) is 52.5 Å². The van der Waals surface area contributed by atoms with Crippen molar-refractivity contribution in [2.45, 2.75) is 0 Å². The van der Waals surface area contributed by atoms with E-state index in [-0.39, 0.29) is 13.2 Å². The highest BCUT2D eigenvalue weighted by Crippen LogP contribution is 2.39. The highest BCUT2D eigenvalue weighted by atomic mass is 79.9. The molecule has 0 atom stereocenters. The summed E-state index contributed by atoms with van der Waals surface area (Å²) in [6.45, 7) is 0.465. The molecule has 2 N–H and O–H groups in total. The maximum Gasteiger partial charge on any atom is 0.203 e. The summed E-state index contributed by atoms with van der Waals surface area (Å²) in [5.74, 6) is 2.89. The van der Waals surface area contributed by atoms with Gasteiger partial charge in [-0.3, -0.25) is 10.9 Å². The summed E-state index contributed by atoms with van der Waals surface area (Å²) in [7, 11) is 6.28. The molecule has 0 aliphatic carbocycles. The van der Waals surface area contributed by atoms with Crippen molar-refractivity contribution >= 4 is 77.2 Å². The van der Waals surface area contributed by atoms with Gasteiger partial charge in [0.05, 0.1) is 52.3 Å². The third-order valence-corrected chi connectivity index (χ3v) is 10.4. The van der Waals surface area contributed by atoms with Crippen LogP contribution in [0.3, 0.4) is 0 Å². The van der Waals surface area contributed by atoms with Crippen molar-refractivity contribution in [1.82, 2.24) is 9.97 Å². The number of benzene rings is 4. The molecule has 0 saturated carbocycles. The zero-order chi connectivity index (χ0) is 39.3. The fourth-order valence-electron chi connectivity index (χ4n) is 5.11. The van der Waals surface area contributed by atoms with Gasteiger partial charge in [0.2, 0.25) is 21.8 Å². The van der Waals surface area contributed by atoms with Crippen LogP contribution in [0.15, 0.2) is 115 Å². The minimum atomic E-state index is 0.232. The van der Waals surface area contributed by atoms with E-state index in [4.69, 9.17) is 28.4 Å². The summed E-state index contributed by atoms with van der Waals surface area (Å²) in [4.78, 5) is 9.23. The van der Waals surface area contributed by atoms with Crippen molar-refractivity contribution in [3.8, 4) is 57.0 Å². The Morgan fingerprint density at radius 1 is 0.571 bits per heavy atom. The molecule has 0 aliphatic heterocycles. The van der Waals surface area contributed by atoms with E-state index >= 15 is 0 Å². The van der Waals surface area contributed by atoms with Crippen LogP contribution < -0.4 is 39.3 Å². The van der Waals surface area contributed by atoms with Gasteiger partial charge in [0.1, 0.15) is 13.2 Å². The monoisotopic (exact) mass is 918 g/mol. The lowest BCUT2D eigenvalue weighted by Crippen LogP contribution is -2.03. The van der Waals surface area contributed by atoms with Crippen molar-refractivity contribution in [3.63, 3.8) is 0 Å². The maximum absolute atomic E-state index is 6.05. The number of rotatable bonds is 18. The lowest BCUT2D eigenvalue weighted by molar-refractivity contribution is 0.294. The van der Waals surface area contributed by atoms with Gasteiger partial charge in [-0.15, -0.1) is 22.7 Å². The lowest BCUT2D eigenvalue weighted by Gasteiger charge is -2.15. The van der Waals surface area contributed by atoms with Crippen LogP contribution in [0.1, 0.15) is 11.1 Å². The minimum Gasteiger partial charge on any atom is -0.493 e. The van der Waals surface area contributed by atoms with Crippen LogP contribution in [-0.2, 0) is 0 Å². The fourth-order valence-corrected chi connectivity index (χ4v) is 6.98. The van der Waals surface area contributed by atoms with E-state index in [0.29, 0.717) is 44.8 Å². The summed E-state index contributed by atoms with van der Waals surface area (Å²) in [6, 6.07) is 23.2. The van der Waals surface area contributed by atoms with Gasteiger partial charge in [-0.1, -0.05) is 56.1 Å². The van der Waals surface area contributed by atoms with Gasteiger partial charge in [0.25, 0.3) is 0 Å². The topological polar surface area (TPSA) is 130 Å². The molecular formula is C40H36Br2N6O6S2. The molecule has 0 bridgehead atoms. The maximum atomic E-state index is 6.05. The highest BCUT2D eigenvalue weighted by Gasteiger charge is 2.15. The Morgan fingerprint density at radius 2 is 0.929 bits per heavy atom. The van der Waals surface area contributed by atoms with Crippen molar-refractivity contribution in [2.24, 2.45) is 10.2 Å². The van der Waals surface area contributed by atoms with Crippen LogP contribution in [0.25, 0.3) is 22.5 Å². The molecule has 4 aromatic carbocycles. The molecule has 2 aromatic heterocycles. The quantitative estimate of drug-likeness (QED) is 0.0488. The number of nitrogens with one attached hydrogen (secondary N) is 2. The Bertz CT molecular complexity index is 2100. The summed E-state index contributed by atoms with van der Waals surface area (Å²) >= 11 is 9.86. The number of halogens is 2. The largest absolute Gasteiger partial charge is 0.493 e. The van der Waals surface area contributed by atoms with Gasteiger partial charge in [0.15, 0.2) is 23.0 Å². The molecule has 0 saturated heterocycles.